The van der Waals surface area contributed by atoms with E-state index in [0.717, 1.165) is 0 Å². The van der Waals surface area contributed by atoms with E-state index < -0.39 is 64.1 Å². The molecule has 4 aliphatic carbocycles. The van der Waals surface area contributed by atoms with Crippen LogP contribution in [0, 0.1) is 22.7 Å². The van der Waals surface area contributed by atoms with Crippen LogP contribution in [0.4, 0.5) is 4.39 Å². The lowest BCUT2D eigenvalue weighted by Gasteiger charge is -2.62. The maximum atomic E-state index is 17.3. The molecule has 0 aromatic rings. The largest absolute Gasteiger partial charge is 0.390 e. The molecule has 0 spiro atoms. The van der Waals surface area contributed by atoms with Gasteiger partial charge in [0.2, 0.25) is 0 Å². The van der Waals surface area contributed by atoms with Gasteiger partial charge in [-0.3, -0.25) is 9.59 Å². The Morgan fingerprint density at radius 3 is 2.53 bits per heavy atom. The van der Waals surface area contributed by atoms with Crippen LogP contribution in [0.15, 0.2) is 23.8 Å². The van der Waals surface area contributed by atoms with Crippen molar-refractivity contribution in [2.24, 2.45) is 22.7 Å². The highest BCUT2D eigenvalue weighted by molar-refractivity contribution is 6.29. The monoisotopic (exact) mass is 528 g/mol. The zero-order valence-electron chi connectivity index (χ0n) is 21.5. The van der Waals surface area contributed by atoms with E-state index in [0.29, 0.717) is 31.6 Å². The minimum Gasteiger partial charge on any atom is -0.390 e. The van der Waals surface area contributed by atoms with E-state index in [2.05, 4.69) is 0 Å². The van der Waals surface area contributed by atoms with E-state index >= 15 is 4.39 Å². The molecule has 3 saturated carbocycles. The average molecular weight is 529 g/mol. The first-order valence-electron chi connectivity index (χ1n) is 12.9. The number of halogens is 2. The standard InChI is InChI=1S/C27H38ClFO7/c1-5-34-23(35-6-2)15-36-22-12-19-18-8-7-16-11-17(30)9-10-24(16,3)26(18,29)20(31)13-25(19,4)27(22,33)21(32)14-28/h9-11,18-20,22-23,31,33H,5-8,12-15H2,1-4H3/t18-,19-,20?,22?,24-,25-,26-,27+/m0/s1. The number of hydrogen-bond acceptors (Lipinski definition) is 7. The van der Waals surface area contributed by atoms with Crippen LogP contribution in [0.1, 0.15) is 53.4 Å². The molecule has 4 rings (SSSR count). The quantitative estimate of drug-likeness (QED) is 0.350. The van der Waals surface area contributed by atoms with Crippen LogP contribution in [0.3, 0.4) is 0 Å². The number of carbonyl (C=O) groups excluding carboxylic acids is 2. The van der Waals surface area contributed by atoms with Crippen molar-refractivity contribution in [3.8, 4) is 0 Å². The Morgan fingerprint density at radius 2 is 1.92 bits per heavy atom. The van der Waals surface area contributed by atoms with E-state index in [9.17, 15) is 19.8 Å². The summed E-state index contributed by atoms with van der Waals surface area (Å²) in [6.45, 7) is 7.90. The van der Waals surface area contributed by atoms with E-state index in [1.165, 1.54) is 12.2 Å². The van der Waals surface area contributed by atoms with Gasteiger partial charge < -0.3 is 24.4 Å². The second-order valence-corrected chi connectivity index (χ2v) is 11.3. The summed E-state index contributed by atoms with van der Waals surface area (Å²) in [5.74, 6) is -2.35. The smallest absolute Gasteiger partial charge is 0.182 e. The maximum Gasteiger partial charge on any atom is 0.182 e. The first-order chi connectivity index (χ1) is 16.9. The van der Waals surface area contributed by atoms with Gasteiger partial charge in [-0.2, -0.15) is 0 Å². The number of Topliss-reactive ketones (excluding diaryl/α,β-unsaturated/α-hetero) is 1. The number of carbonyl (C=O) groups is 2. The first kappa shape index (κ1) is 27.9. The highest BCUT2D eigenvalue weighted by Crippen LogP contribution is 2.70. The summed E-state index contributed by atoms with van der Waals surface area (Å²) in [7, 11) is 0. The lowest BCUT2D eigenvalue weighted by molar-refractivity contribution is -0.228. The van der Waals surface area contributed by atoms with Crippen LogP contribution in [-0.4, -0.2) is 77.2 Å². The molecule has 8 atom stereocenters. The topological polar surface area (TPSA) is 102 Å². The predicted molar refractivity (Wildman–Crippen MR) is 131 cm³/mol. The Bertz CT molecular complexity index is 948. The molecule has 2 unspecified atom stereocenters. The molecule has 0 amide bonds. The summed E-state index contributed by atoms with van der Waals surface area (Å²) < 4.78 is 34.5. The van der Waals surface area contributed by atoms with Crippen molar-refractivity contribution in [3.63, 3.8) is 0 Å². The number of ether oxygens (including phenoxy) is 3. The SMILES string of the molecule is CCOC(COC1C[C@H]2[C@@H]3CCC4=CC(=O)C=C[C@]4(C)[C@@]3(F)C(O)C[C@]2(C)[C@@]1(O)C(=O)CCl)OCC. The fourth-order valence-corrected chi connectivity index (χ4v) is 7.90. The molecule has 0 heterocycles. The number of alkyl halides is 2. The van der Waals surface area contributed by atoms with Gasteiger partial charge in [0, 0.05) is 30.0 Å². The van der Waals surface area contributed by atoms with Crippen LogP contribution in [-0.2, 0) is 23.8 Å². The van der Waals surface area contributed by atoms with Gasteiger partial charge in [-0.05, 0) is 64.5 Å². The van der Waals surface area contributed by atoms with Gasteiger partial charge in [-0.1, -0.05) is 18.6 Å². The highest BCUT2D eigenvalue weighted by atomic mass is 35.5. The highest BCUT2D eigenvalue weighted by Gasteiger charge is 2.76. The number of aliphatic hydroxyl groups is 2. The lowest BCUT2D eigenvalue weighted by atomic mass is 9.44. The summed E-state index contributed by atoms with van der Waals surface area (Å²) in [6.07, 6.45) is 2.26. The molecule has 7 nitrogen and oxygen atoms in total. The third kappa shape index (κ3) is 3.78. The Balaban J connectivity index is 1.72. The minimum absolute atomic E-state index is 0.0174. The van der Waals surface area contributed by atoms with Crippen LogP contribution in [0.25, 0.3) is 0 Å². The third-order valence-electron chi connectivity index (χ3n) is 9.52. The molecule has 0 aromatic heterocycles. The first-order valence-corrected chi connectivity index (χ1v) is 13.4. The fraction of sp³-hybridized carbons (Fsp3) is 0.778. The molecule has 202 valence electrons. The predicted octanol–water partition coefficient (Wildman–Crippen LogP) is 3.29. The summed E-state index contributed by atoms with van der Waals surface area (Å²) in [5, 5.41) is 23.4. The molecule has 3 fully saturated rings. The molecule has 9 heteroatoms. The lowest BCUT2D eigenvalue weighted by Crippen LogP contribution is -2.69. The molecule has 0 saturated heterocycles. The molecular formula is C27H38ClFO7. The van der Waals surface area contributed by atoms with Crippen molar-refractivity contribution in [1.82, 2.24) is 0 Å². The van der Waals surface area contributed by atoms with Crippen molar-refractivity contribution < 1.29 is 38.4 Å². The molecule has 4 aliphatic rings. The van der Waals surface area contributed by atoms with Gasteiger partial charge in [0.25, 0.3) is 0 Å². The number of hydrogen-bond donors (Lipinski definition) is 2. The summed E-state index contributed by atoms with van der Waals surface area (Å²) in [5.41, 5.74) is -5.74. The number of fused-ring (bicyclic) bond motifs is 5. The second-order valence-electron chi connectivity index (χ2n) is 11.0. The molecule has 2 N–H and O–H groups in total. The van der Waals surface area contributed by atoms with Gasteiger partial charge in [-0.15, -0.1) is 11.6 Å². The molecule has 36 heavy (non-hydrogen) atoms. The van der Waals surface area contributed by atoms with E-state index in [1.54, 1.807) is 19.9 Å². The van der Waals surface area contributed by atoms with Gasteiger partial charge in [-0.25, -0.2) is 4.39 Å². The van der Waals surface area contributed by atoms with Crippen molar-refractivity contribution in [1.29, 1.82) is 0 Å². The van der Waals surface area contributed by atoms with Crippen LogP contribution in [0.5, 0.6) is 0 Å². The zero-order valence-corrected chi connectivity index (χ0v) is 22.2. The molecule has 0 bridgehead atoms. The van der Waals surface area contributed by atoms with Gasteiger partial charge in [0.15, 0.2) is 29.1 Å². The fourth-order valence-electron chi connectivity index (χ4n) is 7.70. The van der Waals surface area contributed by atoms with Gasteiger partial charge in [0.05, 0.1) is 24.7 Å². The summed E-state index contributed by atoms with van der Waals surface area (Å²) >= 11 is 5.97. The zero-order chi connectivity index (χ0) is 26.5. The number of ketones is 2. The summed E-state index contributed by atoms with van der Waals surface area (Å²) in [6, 6.07) is 0. The Morgan fingerprint density at radius 1 is 1.25 bits per heavy atom. The average Bonchev–Trinajstić information content (AvgIpc) is 3.06. The van der Waals surface area contributed by atoms with Crippen LogP contribution < -0.4 is 0 Å². The molecule has 0 radical (unpaired) electrons. The van der Waals surface area contributed by atoms with Gasteiger partial charge in [0.1, 0.15) is 0 Å². The van der Waals surface area contributed by atoms with E-state index in [1.807, 2.05) is 13.8 Å². The number of aliphatic hydroxyl groups excluding tert-OH is 1. The van der Waals surface area contributed by atoms with E-state index in [-0.39, 0.29) is 25.2 Å². The Labute approximate surface area is 217 Å². The van der Waals surface area contributed by atoms with Crippen LogP contribution >= 0.6 is 11.6 Å². The number of rotatable bonds is 9. The minimum atomic E-state index is -2.07. The second kappa shape index (κ2) is 9.86. The third-order valence-corrected chi connectivity index (χ3v) is 9.76. The molecule has 0 aliphatic heterocycles. The van der Waals surface area contributed by atoms with Crippen molar-refractivity contribution >= 4 is 23.2 Å². The summed E-state index contributed by atoms with van der Waals surface area (Å²) in [4.78, 5) is 25.2. The van der Waals surface area contributed by atoms with Crippen molar-refractivity contribution in [2.75, 3.05) is 25.7 Å². The number of allylic oxidation sites excluding steroid dienone is 4. The maximum absolute atomic E-state index is 17.3. The van der Waals surface area contributed by atoms with E-state index in [4.69, 9.17) is 25.8 Å². The Kier molecular flexibility index (Phi) is 7.63. The van der Waals surface area contributed by atoms with Crippen molar-refractivity contribution in [2.45, 2.75) is 83.1 Å². The van der Waals surface area contributed by atoms with Crippen molar-refractivity contribution in [3.05, 3.63) is 23.8 Å². The Hall–Kier alpha value is -1.16. The van der Waals surface area contributed by atoms with Crippen LogP contribution in [0.2, 0.25) is 0 Å². The molecule has 0 aromatic carbocycles. The van der Waals surface area contributed by atoms with Gasteiger partial charge >= 0.3 is 0 Å². The normalized spacial score (nSPS) is 43.7. The molecular weight excluding hydrogens is 491 g/mol.